The van der Waals surface area contributed by atoms with Gasteiger partial charge in [0, 0.05) is 12.6 Å². The highest BCUT2D eigenvalue weighted by Gasteiger charge is 2.48. The topological polar surface area (TPSA) is 46.2 Å². The van der Waals surface area contributed by atoms with E-state index in [9.17, 15) is 5.11 Å². The maximum atomic E-state index is 9.29. The number of nitrogens with two attached hydrogens (primary N) is 1. The number of rotatable bonds is 1. The van der Waals surface area contributed by atoms with Gasteiger partial charge in [0.25, 0.3) is 0 Å². The van der Waals surface area contributed by atoms with E-state index in [1.54, 1.807) is 0 Å². The number of hydrogen-bond acceptors (Lipinski definition) is 2. The Bertz CT molecular complexity index is 165. The molecule has 0 radical (unpaired) electrons. The molecule has 0 spiro atoms. The quantitative estimate of drug-likeness (QED) is 0.657. The van der Waals surface area contributed by atoms with Crippen LogP contribution in [-0.4, -0.2) is 17.8 Å². The third kappa shape index (κ3) is 1.36. The van der Waals surface area contributed by atoms with Gasteiger partial charge < -0.3 is 10.8 Å². The summed E-state index contributed by atoms with van der Waals surface area (Å²) in [6, 6.07) is 0.368. The highest BCUT2D eigenvalue weighted by molar-refractivity contribution is 5.85. The molecule has 0 amide bonds. The van der Waals surface area contributed by atoms with Crippen LogP contribution in [0, 0.1) is 11.3 Å². The summed E-state index contributed by atoms with van der Waals surface area (Å²) >= 11 is 0. The summed E-state index contributed by atoms with van der Waals surface area (Å²) in [5, 5.41) is 9.29. The zero-order valence-corrected chi connectivity index (χ0v) is 8.15. The van der Waals surface area contributed by atoms with Crippen LogP contribution in [0.5, 0.6) is 0 Å². The summed E-state index contributed by atoms with van der Waals surface area (Å²) in [5.41, 5.74) is 6.12. The first-order valence-corrected chi connectivity index (χ1v) is 4.63. The van der Waals surface area contributed by atoms with Crippen LogP contribution in [0.2, 0.25) is 0 Å². The molecular formula is C9H18ClNO. The van der Waals surface area contributed by atoms with Crippen LogP contribution >= 0.6 is 12.4 Å². The SMILES string of the molecule is Cl.N[C@H]1C[C@@H]2CCC[C@@]2(CO)C1. The third-order valence-electron chi connectivity index (χ3n) is 3.66. The number of fused-ring (bicyclic) bond motifs is 1. The van der Waals surface area contributed by atoms with Crippen molar-refractivity contribution in [3.05, 3.63) is 0 Å². The Morgan fingerprint density at radius 1 is 1.50 bits per heavy atom. The van der Waals surface area contributed by atoms with Crippen molar-refractivity contribution in [3.63, 3.8) is 0 Å². The second kappa shape index (κ2) is 3.52. The van der Waals surface area contributed by atoms with E-state index in [-0.39, 0.29) is 17.8 Å². The van der Waals surface area contributed by atoms with Crippen molar-refractivity contribution >= 4 is 12.4 Å². The van der Waals surface area contributed by atoms with Gasteiger partial charge in [-0.1, -0.05) is 6.42 Å². The van der Waals surface area contributed by atoms with E-state index < -0.39 is 0 Å². The normalized spacial score (nSPS) is 45.5. The van der Waals surface area contributed by atoms with Gasteiger partial charge >= 0.3 is 0 Å². The molecule has 72 valence electrons. The van der Waals surface area contributed by atoms with Crippen molar-refractivity contribution in [1.29, 1.82) is 0 Å². The first kappa shape index (κ1) is 10.3. The second-order valence-corrected chi connectivity index (χ2v) is 4.31. The number of aliphatic hydroxyl groups is 1. The summed E-state index contributed by atoms with van der Waals surface area (Å²) in [5.74, 6) is 0.738. The summed E-state index contributed by atoms with van der Waals surface area (Å²) in [7, 11) is 0. The maximum Gasteiger partial charge on any atom is 0.0490 e. The Kier molecular flexibility index (Phi) is 3.02. The van der Waals surface area contributed by atoms with Crippen molar-refractivity contribution in [1.82, 2.24) is 0 Å². The van der Waals surface area contributed by atoms with E-state index in [1.807, 2.05) is 0 Å². The van der Waals surface area contributed by atoms with Crippen LogP contribution in [0.1, 0.15) is 32.1 Å². The van der Waals surface area contributed by atoms with E-state index in [2.05, 4.69) is 0 Å². The lowest BCUT2D eigenvalue weighted by Crippen LogP contribution is -2.26. The van der Waals surface area contributed by atoms with Gasteiger partial charge in [-0.25, -0.2) is 0 Å². The van der Waals surface area contributed by atoms with Crippen LogP contribution in [0.25, 0.3) is 0 Å². The van der Waals surface area contributed by atoms with Gasteiger partial charge in [0.2, 0.25) is 0 Å². The van der Waals surface area contributed by atoms with Gasteiger partial charge in [0.1, 0.15) is 0 Å². The monoisotopic (exact) mass is 191 g/mol. The van der Waals surface area contributed by atoms with E-state index in [0.717, 1.165) is 18.8 Å². The van der Waals surface area contributed by atoms with Crippen molar-refractivity contribution in [2.75, 3.05) is 6.61 Å². The highest BCUT2D eigenvalue weighted by Crippen LogP contribution is 2.53. The van der Waals surface area contributed by atoms with E-state index in [4.69, 9.17) is 5.73 Å². The fourth-order valence-electron chi connectivity index (χ4n) is 3.09. The molecule has 2 aliphatic rings. The second-order valence-electron chi connectivity index (χ2n) is 4.31. The van der Waals surface area contributed by atoms with Gasteiger partial charge in [-0.3, -0.25) is 0 Å². The molecule has 3 heteroatoms. The average molecular weight is 192 g/mol. The van der Waals surface area contributed by atoms with Gasteiger partial charge in [-0.05, 0) is 37.0 Å². The Morgan fingerprint density at radius 3 is 2.83 bits per heavy atom. The Labute approximate surface area is 79.9 Å². The van der Waals surface area contributed by atoms with E-state index in [1.165, 1.54) is 19.3 Å². The minimum atomic E-state index is 0. The molecule has 0 heterocycles. The third-order valence-corrected chi connectivity index (χ3v) is 3.66. The molecule has 0 bridgehead atoms. The first-order valence-electron chi connectivity index (χ1n) is 4.63. The van der Waals surface area contributed by atoms with Crippen molar-refractivity contribution in [3.8, 4) is 0 Å². The molecule has 0 aliphatic heterocycles. The van der Waals surface area contributed by atoms with Crippen LogP contribution in [0.3, 0.4) is 0 Å². The smallest absolute Gasteiger partial charge is 0.0490 e. The fraction of sp³-hybridized carbons (Fsp3) is 1.00. The average Bonchev–Trinajstić information content (AvgIpc) is 2.43. The van der Waals surface area contributed by atoms with Crippen molar-refractivity contribution < 1.29 is 5.11 Å². The van der Waals surface area contributed by atoms with Gasteiger partial charge in [-0.2, -0.15) is 0 Å². The highest BCUT2D eigenvalue weighted by atomic mass is 35.5. The molecule has 2 rings (SSSR count). The Hall–Kier alpha value is 0.210. The van der Waals surface area contributed by atoms with E-state index >= 15 is 0 Å². The predicted octanol–water partition coefficient (Wildman–Crippen LogP) is 1.31. The molecule has 2 fully saturated rings. The molecule has 0 saturated heterocycles. The van der Waals surface area contributed by atoms with Gasteiger partial charge in [0.15, 0.2) is 0 Å². The van der Waals surface area contributed by atoms with E-state index in [0.29, 0.717) is 12.6 Å². The minimum Gasteiger partial charge on any atom is -0.396 e. The summed E-state index contributed by atoms with van der Waals surface area (Å²) in [6.07, 6.45) is 6.03. The lowest BCUT2D eigenvalue weighted by molar-refractivity contribution is 0.105. The van der Waals surface area contributed by atoms with Crippen LogP contribution in [0.15, 0.2) is 0 Å². The van der Waals surface area contributed by atoms with Crippen LogP contribution < -0.4 is 5.73 Å². The minimum absolute atomic E-state index is 0. The first-order chi connectivity index (χ1) is 5.27. The Morgan fingerprint density at radius 2 is 2.25 bits per heavy atom. The van der Waals surface area contributed by atoms with Gasteiger partial charge in [-0.15, -0.1) is 12.4 Å². The molecule has 2 saturated carbocycles. The standard InChI is InChI=1S/C9H17NO.ClH/c10-8-4-7-2-1-3-9(7,5-8)6-11;/h7-8,11H,1-6,10H2;1H/t7-,8-,9-;/m0./s1. The fourth-order valence-corrected chi connectivity index (χ4v) is 3.09. The van der Waals surface area contributed by atoms with Crippen LogP contribution in [-0.2, 0) is 0 Å². The molecule has 0 aromatic heterocycles. The Balaban J connectivity index is 0.000000720. The zero-order valence-electron chi connectivity index (χ0n) is 7.33. The number of aliphatic hydroxyl groups excluding tert-OH is 1. The molecule has 0 aromatic rings. The van der Waals surface area contributed by atoms with Crippen molar-refractivity contribution in [2.45, 2.75) is 38.1 Å². The molecule has 0 unspecified atom stereocenters. The molecule has 3 atom stereocenters. The van der Waals surface area contributed by atoms with Gasteiger partial charge in [0.05, 0.1) is 0 Å². The van der Waals surface area contributed by atoms with Crippen molar-refractivity contribution in [2.24, 2.45) is 17.1 Å². The molecule has 12 heavy (non-hydrogen) atoms. The summed E-state index contributed by atoms with van der Waals surface area (Å²) < 4.78 is 0. The lowest BCUT2D eigenvalue weighted by atomic mass is 9.81. The maximum absolute atomic E-state index is 9.29. The number of halogens is 1. The zero-order chi connectivity index (χ0) is 7.90. The summed E-state index contributed by atoms with van der Waals surface area (Å²) in [4.78, 5) is 0. The summed E-state index contributed by atoms with van der Waals surface area (Å²) in [6.45, 7) is 0.366. The van der Waals surface area contributed by atoms with Crippen LogP contribution in [0.4, 0.5) is 0 Å². The molecule has 2 nitrogen and oxygen atoms in total. The molecule has 3 N–H and O–H groups in total. The molecule has 0 aromatic carbocycles. The molecule has 2 aliphatic carbocycles. The molecular weight excluding hydrogens is 174 g/mol. The number of hydrogen-bond donors (Lipinski definition) is 2. The predicted molar refractivity (Wildman–Crippen MR) is 51.3 cm³/mol. The lowest BCUT2D eigenvalue weighted by Gasteiger charge is -2.26. The largest absolute Gasteiger partial charge is 0.396 e.